The minimum atomic E-state index is -3.13. The van der Waals surface area contributed by atoms with E-state index >= 15 is 0 Å². The fraction of sp³-hybridized carbons (Fsp3) is 0. The molecule has 0 saturated heterocycles. The minimum absolute atomic E-state index is 0. The maximum Gasteiger partial charge on any atom is 0.761 e. The molecule has 0 aromatic heterocycles. The summed E-state index contributed by atoms with van der Waals surface area (Å²) in [6.45, 7) is 0. The van der Waals surface area contributed by atoms with Gasteiger partial charge in [0.25, 0.3) is 0 Å². The molecule has 3 nitrogen and oxygen atoms in total. The Balaban J connectivity index is -0.0000000450. The molecule has 0 heterocycles. The fourth-order valence-electron chi connectivity index (χ4n) is 0. The first-order valence-electron chi connectivity index (χ1n) is 0.651. The molecule has 0 rings (SSSR count). The van der Waals surface area contributed by atoms with Crippen LogP contribution in [-0.4, -0.2) is 18.8 Å². The van der Waals surface area contributed by atoms with Crippen molar-refractivity contribution in [2.75, 3.05) is 0 Å². The van der Waals surface area contributed by atoms with Gasteiger partial charge in [0.15, 0.2) is 0 Å². The summed E-state index contributed by atoms with van der Waals surface area (Å²) >= 11 is 0. The molecule has 0 unspecified atom stereocenters. The van der Waals surface area contributed by atoms with Gasteiger partial charge in [0.1, 0.15) is 0 Å². The number of hydrogen-bond donors (Lipinski definition) is 2. The molecule has 0 atom stereocenters. The molecular weight excluding hydrogens is 408 g/mol. The molecule has 0 fully saturated rings. The van der Waals surface area contributed by atoms with Gasteiger partial charge in [0.2, 0.25) is 0 Å². The molecule has 0 amide bonds. The maximum atomic E-state index is 8.74. The Bertz CT molecular complexity index is 33.8. The molecule has 0 bridgehead atoms. The van der Waals surface area contributed by atoms with Gasteiger partial charge >= 0.3 is 9.17 Å². The Morgan fingerprint density at radius 3 is 1.33 bits per heavy atom. The summed E-state index contributed by atoms with van der Waals surface area (Å²) < 4.78 is 8.74. The van der Waals surface area contributed by atoms with Gasteiger partial charge in [-0.2, -0.15) is 0 Å². The molecule has 1 radical (unpaired) electrons. The van der Waals surface area contributed by atoms with Crippen LogP contribution in [0.2, 0.25) is 0 Å². The Kier molecular flexibility index (Phi) is 26.8. The summed E-state index contributed by atoms with van der Waals surface area (Å²) in [7, 11) is -3.13. The van der Waals surface area contributed by atoms with Crippen LogP contribution in [0.3, 0.4) is 0 Å². The van der Waals surface area contributed by atoms with Crippen molar-refractivity contribution in [2.45, 2.75) is 0 Å². The second kappa shape index (κ2) is 10.2. The number of hydrogen-bond acceptors (Lipinski definition) is 1. The van der Waals surface area contributed by atoms with Crippen LogP contribution in [0.1, 0.15) is 0 Å². The van der Waals surface area contributed by atoms with Crippen LogP contribution in [0.4, 0.5) is 0 Å². The van der Waals surface area contributed by atoms with Crippen molar-refractivity contribution in [2.24, 2.45) is 0 Å². The molecular formula is H2GdLuO3Si. The van der Waals surface area contributed by atoms with E-state index in [1.807, 2.05) is 0 Å². The fourth-order valence-corrected chi connectivity index (χ4v) is 0. The van der Waals surface area contributed by atoms with E-state index in [2.05, 4.69) is 0 Å². The van der Waals surface area contributed by atoms with Crippen molar-refractivity contribution in [3.8, 4) is 0 Å². The first-order chi connectivity index (χ1) is 1.73. The van der Waals surface area contributed by atoms with E-state index in [0.717, 1.165) is 0 Å². The quantitative estimate of drug-likeness (QED) is 0.473. The number of rotatable bonds is 0. The topological polar surface area (TPSA) is 57.5 Å². The summed E-state index contributed by atoms with van der Waals surface area (Å²) in [5.41, 5.74) is 0. The van der Waals surface area contributed by atoms with Crippen LogP contribution in [0.25, 0.3) is 0 Å². The zero-order valence-electron chi connectivity index (χ0n) is 2.41. The zero-order chi connectivity index (χ0) is 3.58. The molecule has 2 N–H and O–H groups in total. The van der Waals surface area contributed by atoms with Crippen molar-refractivity contribution >= 4 is 9.17 Å². The van der Waals surface area contributed by atoms with E-state index in [9.17, 15) is 0 Å². The molecule has 0 aromatic carbocycles. The first kappa shape index (κ1) is 15.7. The predicted octanol–water partition coefficient (Wildman–Crippen LogP) is -1.61. The Morgan fingerprint density at radius 1 is 1.33 bits per heavy atom. The summed E-state index contributed by atoms with van der Waals surface area (Å²) in [5, 5.41) is 0. The van der Waals surface area contributed by atoms with Crippen molar-refractivity contribution in [1.82, 2.24) is 0 Å². The first-order valence-corrected chi connectivity index (χ1v) is 1.95. The van der Waals surface area contributed by atoms with E-state index in [0.29, 0.717) is 0 Å². The average molecular weight is 410 g/mol. The summed E-state index contributed by atoms with van der Waals surface area (Å²) in [5.74, 6) is 0. The van der Waals surface area contributed by atoms with Crippen LogP contribution >= 0.6 is 0 Å². The van der Waals surface area contributed by atoms with E-state index in [1.165, 1.54) is 0 Å². The van der Waals surface area contributed by atoms with Crippen LogP contribution < -0.4 is 0 Å². The Morgan fingerprint density at radius 2 is 1.33 bits per heavy atom. The largest absolute Gasteiger partial charge is 0.761 e. The third kappa shape index (κ3) is 35.0. The molecule has 0 aliphatic carbocycles. The molecule has 0 aliphatic rings. The van der Waals surface area contributed by atoms with E-state index in [1.54, 1.807) is 0 Å². The smallest absolute Gasteiger partial charge is 0.511 e. The van der Waals surface area contributed by atoms with E-state index in [-0.39, 0.29) is 76.8 Å². The van der Waals surface area contributed by atoms with Gasteiger partial charge in [-0.3, -0.25) is 4.46 Å². The van der Waals surface area contributed by atoms with E-state index in [4.69, 9.17) is 14.1 Å². The molecule has 47 valence electrons. The molecule has 0 saturated carbocycles. The van der Waals surface area contributed by atoms with Gasteiger partial charge in [-0.1, -0.05) is 0 Å². The van der Waals surface area contributed by atoms with Crippen LogP contribution in [0.15, 0.2) is 0 Å². The second-order valence-corrected chi connectivity index (χ2v) is 0.848. The van der Waals surface area contributed by atoms with Gasteiger partial charge in [0, 0.05) is 76.8 Å². The van der Waals surface area contributed by atoms with Crippen molar-refractivity contribution in [3.05, 3.63) is 0 Å². The summed E-state index contributed by atoms with van der Waals surface area (Å²) in [6.07, 6.45) is 0. The van der Waals surface area contributed by atoms with Crippen molar-refractivity contribution in [1.29, 1.82) is 0 Å². The molecule has 6 heavy (non-hydrogen) atoms. The SMILES string of the molecule is O=[Si](O)O.[Gd].[Lu]. The van der Waals surface area contributed by atoms with Gasteiger partial charge in [-0.05, 0) is 0 Å². The van der Waals surface area contributed by atoms with Crippen molar-refractivity contribution < 1.29 is 90.9 Å². The maximum absolute atomic E-state index is 8.74. The van der Waals surface area contributed by atoms with Gasteiger partial charge < -0.3 is 9.59 Å². The van der Waals surface area contributed by atoms with Crippen LogP contribution in [0.5, 0.6) is 0 Å². The van der Waals surface area contributed by atoms with Gasteiger partial charge in [-0.25, -0.2) is 0 Å². The Hall–Kier alpha value is 2.18. The average Bonchev–Trinajstić information content (AvgIpc) is 0.811. The normalized spacial score (nSPS) is 4.00. The molecule has 0 aromatic rings. The third-order valence-electron chi connectivity index (χ3n) is 0. The molecule has 0 aliphatic heterocycles. The third-order valence-corrected chi connectivity index (χ3v) is 0. The minimum Gasteiger partial charge on any atom is -0.511 e. The van der Waals surface area contributed by atoms with Crippen LogP contribution in [0, 0.1) is 76.8 Å². The van der Waals surface area contributed by atoms with E-state index < -0.39 is 9.17 Å². The monoisotopic (exact) mass is 411 g/mol. The standard InChI is InChI=1S/Gd.Lu.H2O3Si/c;;1-4(2)3/h;;1-2H. The summed E-state index contributed by atoms with van der Waals surface area (Å²) in [6, 6.07) is 0. The van der Waals surface area contributed by atoms with Gasteiger partial charge in [-0.15, -0.1) is 0 Å². The second-order valence-electron chi connectivity index (χ2n) is 0.283. The molecule has 6 heteroatoms. The van der Waals surface area contributed by atoms with Crippen molar-refractivity contribution in [3.63, 3.8) is 0 Å². The zero-order valence-corrected chi connectivity index (χ0v) is 7.34. The van der Waals surface area contributed by atoms with Crippen LogP contribution in [-0.2, 0) is 4.46 Å². The predicted molar refractivity (Wildman–Crippen MR) is 10.9 cm³/mol. The molecule has 0 spiro atoms. The van der Waals surface area contributed by atoms with Gasteiger partial charge in [0.05, 0.1) is 0 Å². The Labute approximate surface area is 97.9 Å². The summed E-state index contributed by atoms with van der Waals surface area (Å²) in [4.78, 5) is 14.3.